The van der Waals surface area contributed by atoms with Gasteiger partial charge in [-0.2, -0.15) is 0 Å². The average molecular weight is 138 g/mol. The first-order valence-electron chi connectivity index (χ1n) is 3.19. The van der Waals surface area contributed by atoms with Gasteiger partial charge in [0.05, 0.1) is 12.4 Å². The number of hydrogen-bond acceptors (Lipinski definition) is 2. The van der Waals surface area contributed by atoms with Crippen molar-refractivity contribution in [3.05, 3.63) is 30.2 Å². The fraction of sp³-hybridized carbons (Fsp3) is 0.250. The highest BCUT2D eigenvalue weighted by atomic mass is 16.3. The molecule has 1 N–H and O–H groups in total. The summed E-state index contributed by atoms with van der Waals surface area (Å²) in [4.78, 5) is 0. The van der Waals surface area contributed by atoms with Crippen LogP contribution in [0.3, 0.4) is 0 Å². The number of hydrogen-bond donors (Lipinski definition) is 1. The summed E-state index contributed by atoms with van der Waals surface area (Å²) in [7, 11) is 0. The van der Waals surface area contributed by atoms with Crippen LogP contribution in [0.15, 0.2) is 28.9 Å². The van der Waals surface area contributed by atoms with Gasteiger partial charge in [-0.25, -0.2) is 0 Å². The Balaban J connectivity index is 2.55. The molecular weight excluding hydrogens is 128 g/mol. The third-order valence-corrected chi connectivity index (χ3v) is 1.08. The second-order valence-corrected chi connectivity index (χ2v) is 2.12. The molecule has 2 heteroatoms. The van der Waals surface area contributed by atoms with E-state index in [9.17, 15) is 0 Å². The first-order valence-corrected chi connectivity index (χ1v) is 3.19. The molecule has 0 saturated carbocycles. The molecule has 0 aromatic carbocycles. The van der Waals surface area contributed by atoms with Gasteiger partial charge in [0.2, 0.25) is 0 Å². The van der Waals surface area contributed by atoms with Crippen LogP contribution in [0.1, 0.15) is 12.7 Å². The van der Waals surface area contributed by atoms with Crippen molar-refractivity contribution in [1.29, 1.82) is 0 Å². The van der Waals surface area contributed by atoms with Crippen LogP contribution in [0.5, 0.6) is 0 Å². The molecule has 54 valence electrons. The molecule has 0 fully saturated rings. The summed E-state index contributed by atoms with van der Waals surface area (Å²) in [5.74, 6) is 0.765. The zero-order valence-electron chi connectivity index (χ0n) is 5.82. The lowest BCUT2D eigenvalue weighted by atomic mass is 10.3. The third kappa shape index (κ3) is 2.07. The van der Waals surface area contributed by atoms with Crippen molar-refractivity contribution in [2.75, 3.05) is 0 Å². The molecular formula is C8H10O2. The molecule has 1 atom stereocenters. The summed E-state index contributed by atoms with van der Waals surface area (Å²) in [6.07, 6.45) is 4.59. The summed E-state index contributed by atoms with van der Waals surface area (Å²) >= 11 is 0. The zero-order chi connectivity index (χ0) is 7.40. The minimum Gasteiger partial charge on any atom is -0.465 e. The van der Waals surface area contributed by atoms with Crippen LogP contribution in [0, 0.1) is 0 Å². The molecule has 0 radical (unpaired) electrons. The second kappa shape index (κ2) is 3.22. The van der Waals surface area contributed by atoms with Crippen molar-refractivity contribution in [3.63, 3.8) is 0 Å². The lowest BCUT2D eigenvalue weighted by Gasteiger charge is -1.90. The van der Waals surface area contributed by atoms with Gasteiger partial charge in [0.25, 0.3) is 0 Å². The molecule has 0 amide bonds. The molecule has 1 aromatic rings. The largest absolute Gasteiger partial charge is 0.465 e. The van der Waals surface area contributed by atoms with Gasteiger partial charge in [0.1, 0.15) is 5.76 Å². The minimum absolute atomic E-state index is 0.412. The Labute approximate surface area is 59.8 Å². The van der Waals surface area contributed by atoms with Gasteiger partial charge in [0.15, 0.2) is 0 Å². The molecule has 0 aliphatic carbocycles. The number of furan rings is 1. The quantitative estimate of drug-likeness (QED) is 0.674. The number of aliphatic hydroxyl groups is 1. The lowest BCUT2D eigenvalue weighted by Crippen LogP contribution is -1.90. The summed E-state index contributed by atoms with van der Waals surface area (Å²) in [6, 6.07) is 3.64. The first kappa shape index (κ1) is 7.09. The smallest absolute Gasteiger partial charge is 0.126 e. The van der Waals surface area contributed by atoms with Crippen LogP contribution in [0.25, 0.3) is 6.08 Å². The molecule has 10 heavy (non-hydrogen) atoms. The maximum Gasteiger partial charge on any atom is 0.126 e. The van der Waals surface area contributed by atoms with E-state index in [1.54, 1.807) is 25.3 Å². The number of aliphatic hydroxyl groups excluding tert-OH is 1. The van der Waals surface area contributed by atoms with Gasteiger partial charge in [-0.1, -0.05) is 6.08 Å². The van der Waals surface area contributed by atoms with Crippen LogP contribution >= 0.6 is 0 Å². The predicted octanol–water partition coefficient (Wildman–Crippen LogP) is 1.67. The van der Waals surface area contributed by atoms with Crippen LogP contribution in [0.2, 0.25) is 0 Å². The monoisotopic (exact) mass is 138 g/mol. The Morgan fingerprint density at radius 3 is 3.00 bits per heavy atom. The molecule has 0 aliphatic heterocycles. The highest BCUT2D eigenvalue weighted by Crippen LogP contribution is 2.02. The Bertz CT molecular complexity index is 197. The maximum atomic E-state index is 8.82. The standard InChI is InChI=1S/C8H10O2/c1-7(9)4-5-8-3-2-6-10-8/h2-7,9H,1H3/b5-4+. The molecule has 1 heterocycles. The van der Waals surface area contributed by atoms with Crippen molar-refractivity contribution < 1.29 is 9.52 Å². The fourth-order valence-corrected chi connectivity index (χ4v) is 0.620. The van der Waals surface area contributed by atoms with Crippen molar-refractivity contribution in [3.8, 4) is 0 Å². The summed E-state index contributed by atoms with van der Waals surface area (Å²) in [6.45, 7) is 1.69. The Kier molecular flexibility index (Phi) is 2.29. The van der Waals surface area contributed by atoms with Crippen LogP contribution in [-0.2, 0) is 0 Å². The normalized spacial score (nSPS) is 14.2. The molecule has 1 aromatic heterocycles. The second-order valence-electron chi connectivity index (χ2n) is 2.12. The number of rotatable bonds is 2. The first-order chi connectivity index (χ1) is 4.79. The molecule has 0 bridgehead atoms. The molecule has 1 unspecified atom stereocenters. The lowest BCUT2D eigenvalue weighted by molar-refractivity contribution is 0.245. The average Bonchev–Trinajstić information content (AvgIpc) is 2.34. The van der Waals surface area contributed by atoms with E-state index >= 15 is 0 Å². The van der Waals surface area contributed by atoms with Crippen LogP contribution < -0.4 is 0 Å². The van der Waals surface area contributed by atoms with Crippen LogP contribution in [-0.4, -0.2) is 11.2 Å². The van der Waals surface area contributed by atoms with Crippen molar-refractivity contribution >= 4 is 6.08 Å². The van der Waals surface area contributed by atoms with Gasteiger partial charge in [-0.05, 0) is 25.1 Å². The van der Waals surface area contributed by atoms with Crippen molar-refractivity contribution in [2.45, 2.75) is 13.0 Å². The fourth-order valence-electron chi connectivity index (χ4n) is 0.620. The van der Waals surface area contributed by atoms with Crippen molar-refractivity contribution in [1.82, 2.24) is 0 Å². The van der Waals surface area contributed by atoms with E-state index in [-0.39, 0.29) is 0 Å². The highest BCUT2D eigenvalue weighted by Gasteiger charge is 1.88. The summed E-state index contributed by atoms with van der Waals surface area (Å²) < 4.78 is 4.99. The Morgan fingerprint density at radius 2 is 2.50 bits per heavy atom. The van der Waals surface area contributed by atoms with Gasteiger partial charge in [0, 0.05) is 0 Å². The van der Waals surface area contributed by atoms with E-state index in [2.05, 4.69) is 0 Å². The van der Waals surface area contributed by atoms with Gasteiger partial charge in [-0.3, -0.25) is 0 Å². The summed E-state index contributed by atoms with van der Waals surface area (Å²) in [5.41, 5.74) is 0. The van der Waals surface area contributed by atoms with Gasteiger partial charge >= 0.3 is 0 Å². The zero-order valence-corrected chi connectivity index (χ0v) is 5.82. The molecule has 0 spiro atoms. The van der Waals surface area contributed by atoms with Crippen molar-refractivity contribution in [2.24, 2.45) is 0 Å². The topological polar surface area (TPSA) is 33.4 Å². The van der Waals surface area contributed by atoms with E-state index in [0.29, 0.717) is 0 Å². The van der Waals surface area contributed by atoms with E-state index in [0.717, 1.165) is 5.76 Å². The SMILES string of the molecule is CC(O)/C=C/c1ccco1. The molecule has 0 saturated heterocycles. The van der Waals surface area contributed by atoms with Gasteiger partial charge in [-0.15, -0.1) is 0 Å². The summed E-state index contributed by atoms with van der Waals surface area (Å²) in [5, 5.41) is 8.82. The van der Waals surface area contributed by atoms with E-state index in [4.69, 9.17) is 9.52 Å². The Hall–Kier alpha value is -1.02. The van der Waals surface area contributed by atoms with E-state index in [1.165, 1.54) is 0 Å². The minimum atomic E-state index is -0.412. The van der Waals surface area contributed by atoms with E-state index in [1.807, 2.05) is 12.1 Å². The van der Waals surface area contributed by atoms with Gasteiger partial charge < -0.3 is 9.52 Å². The maximum absolute atomic E-state index is 8.82. The molecule has 0 aliphatic rings. The van der Waals surface area contributed by atoms with E-state index < -0.39 is 6.10 Å². The predicted molar refractivity (Wildman–Crippen MR) is 39.4 cm³/mol. The molecule has 1 rings (SSSR count). The highest BCUT2D eigenvalue weighted by molar-refractivity contribution is 5.42. The van der Waals surface area contributed by atoms with Crippen LogP contribution in [0.4, 0.5) is 0 Å². The molecule has 2 nitrogen and oxygen atoms in total. The Morgan fingerprint density at radius 1 is 1.70 bits per heavy atom. The third-order valence-electron chi connectivity index (χ3n) is 1.08.